The first-order valence-corrected chi connectivity index (χ1v) is 8.36. The topological polar surface area (TPSA) is 57.5 Å². The van der Waals surface area contributed by atoms with Gasteiger partial charge in [0, 0.05) is 32.0 Å². The molecule has 0 amide bonds. The quantitative estimate of drug-likeness (QED) is 0.509. The predicted molar refractivity (Wildman–Crippen MR) is 93.2 cm³/mol. The van der Waals surface area contributed by atoms with Gasteiger partial charge in [-0.2, -0.15) is 5.10 Å². The standard InChI is InChI=1S/C16H32N6/c1-5-21(6-2)12-7-9-15(3)20-16(17-4)18-11-14-22-13-8-10-19-22/h8,10,13,15H,5-7,9,11-12,14H2,1-4H3,(H2,17,18,20). The fourth-order valence-electron chi connectivity index (χ4n) is 2.38. The molecule has 0 radical (unpaired) electrons. The minimum atomic E-state index is 0.423. The van der Waals surface area contributed by atoms with Crippen LogP contribution in [-0.2, 0) is 6.54 Å². The maximum atomic E-state index is 4.28. The van der Waals surface area contributed by atoms with Gasteiger partial charge in [0.2, 0.25) is 0 Å². The van der Waals surface area contributed by atoms with Crippen molar-refractivity contribution in [2.24, 2.45) is 4.99 Å². The first-order chi connectivity index (χ1) is 10.7. The number of hydrogen-bond acceptors (Lipinski definition) is 3. The van der Waals surface area contributed by atoms with Crippen molar-refractivity contribution < 1.29 is 0 Å². The Morgan fingerprint density at radius 3 is 2.73 bits per heavy atom. The normalized spacial score (nSPS) is 13.4. The molecule has 0 aliphatic carbocycles. The van der Waals surface area contributed by atoms with Gasteiger partial charge in [-0.15, -0.1) is 0 Å². The molecule has 6 heteroatoms. The second kappa shape index (κ2) is 11.1. The summed E-state index contributed by atoms with van der Waals surface area (Å²) in [5.74, 6) is 0.863. The summed E-state index contributed by atoms with van der Waals surface area (Å²) in [4.78, 5) is 6.74. The van der Waals surface area contributed by atoms with Gasteiger partial charge in [0.15, 0.2) is 5.96 Å². The lowest BCUT2D eigenvalue weighted by Gasteiger charge is -2.21. The monoisotopic (exact) mass is 308 g/mol. The molecule has 1 aromatic heterocycles. The van der Waals surface area contributed by atoms with E-state index in [9.17, 15) is 0 Å². The van der Waals surface area contributed by atoms with E-state index in [2.05, 4.69) is 46.4 Å². The zero-order chi connectivity index (χ0) is 16.2. The van der Waals surface area contributed by atoms with Crippen molar-refractivity contribution >= 4 is 5.96 Å². The molecule has 0 fully saturated rings. The number of guanidine groups is 1. The molecular formula is C16H32N6. The number of aromatic nitrogens is 2. The van der Waals surface area contributed by atoms with Crippen LogP contribution in [0.2, 0.25) is 0 Å². The van der Waals surface area contributed by atoms with Crippen LogP contribution in [0.4, 0.5) is 0 Å². The van der Waals surface area contributed by atoms with E-state index in [0.717, 1.165) is 38.6 Å². The van der Waals surface area contributed by atoms with E-state index in [1.165, 1.54) is 13.0 Å². The van der Waals surface area contributed by atoms with Crippen LogP contribution in [0.1, 0.15) is 33.6 Å². The Morgan fingerprint density at radius 2 is 2.14 bits per heavy atom. The van der Waals surface area contributed by atoms with Crippen LogP contribution >= 0.6 is 0 Å². The molecule has 1 unspecified atom stereocenters. The average Bonchev–Trinajstić information content (AvgIpc) is 3.04. The van der Waals surface area contributed by atoms with Crippen molar-refractivity contribution in [1.29, 1.82) is 0 Å². The number of aliphatic imine (C=N–C) groups is 1. The van der Waals surface area contributed by atoms with Crippen molar-refractivity contribution in [3.05, 3.63) is 18.5 Å². The molecule has 6 nitrogen and oxygen atoms in total. The molecule has 1 atom stereocenters. The summed E-state index contributed by atoms with van der Waals surface area (Å²) in [6.45, 7) is 11.7. The number of nitrogens with one attached hydrogen (secondary N) is 2. The van der Waals surface area contributed by atoms with Gasteiger partial charge in [-0.1, -0.05) is 13.8 Å². The zero-order valence-corrected chi connectivity index (χ0v) is 14.5. The zero-order valence-electron chi connectivity index (χ0n) is 14.5. The molecule has 0 spiro atoms. The maximum Gasteiger partial charge on any atom is 0.191 e. The van der Waals surface area contributed by atoms with E-state index in [4.69, 9.17) is 0 Å². The Balaban J connectivity index is 2.18. The summed E-state index contributed by atoms with van der Waals surface area (Å²) in [7, 11) is 1.81. The molecule has 0 aliphatic heterocycles. The molecular weight excluding hydrogens is 276 g/mol. The van der Waals surface area contributed by atoms with Gasteiger partial charge in [-0.05, 0) is 45.5 Å². The Morgan fingerprint density at radius 1 is 1.36 bits per heavy atom. The molecule has 0 aliphatic rings. The highest BCUT2D eigenvalue weighted by Crippen LogP contribution is 1.99. The SMILES string of the molecule is CCN(CC)CCCC(C)NC(=NC)NCCn1cccn1. The smallest absolute Gasteiger partial charge is 0.191 e. The summed E-state index contributed by atoms with van der Waals surface area (Å²) >= 11 is 0. The van der Waals surface area contributed by atoms with Crippen molar-refractivity contribution in [3.63, 3.8) is 0 Å². The molecule has 126 valence electrons. The van der Waals surface area contributed by atoms with E-state index in [0.29, 0.717) is 6.04 Å². The van der Waals surface area contributed by atoms with Crippen LogP contribution in [0.15, 0.2) is 23.5 Å². The molecule has 0 aromatic carbocycles. The summed E-state index contributed by atoms with van der Waals surface area (Å²) in [5.41, 5.74) is 0. The van der Waals surface area contributed by atoms with Crippen LogP contribution in [-0.4, -0.2) is 59.9 Å². The van der Waals surface area contributed by atoms with Crippen LogP contribution < -0.4 is 10.6 Å². The van der Waals surface area contributed by atoms with Gasteiger partial charge < -0.3 is 15.5 Å². The van der Waals surface area contributed by atoms with Crippen LogP contribution in [0.3, 0.4) is 0 Å². The first-order valence-electron chi connectivity index (χ1n) is 8.36. The third kappa shape index (κ3) is 7.45. The predicted octanol–water partition coefficient (Wildman–Crippen LogP) is 1.56. The highest BCUT2D eigenvalue weighted by atomic mass is 15.3. The van der Waals surface area contributed by atoms with Crippen molar-refractivity contribution in [1.82, 2.24) is 25.3 Å². The van der Waals surface area contributed by atoms with Gasteiger partial charge in [-0.25, -0.2) is 0 Å². The number of hydrogen-bond donors (Lipinski definition) is 2. The summed E-state index contributed by atoms with van der Waals surface area (Å²) in [6, 6.07) is 2.36. The van der Waals surface area contributed by atoms with Crippen molar-refractivity contribution in [2.45, 2.75) is 46.2 Å². The Labute approximate surface area is 135 Å². The summed E-state index contributed by atoms with van der Waals surface area (Å²) in [6.07, 6.45) is 6.12. The minimum Gasteiger partial charge on any atom is -0.355 e. The highest BCUT2D eigenvalue weighted by molar-refractivity contribution is 5.79. The van der Waals surface area contributed by atoms with Crippen molar-refractivity contribution in [2.75, 3.05) is 33.2 Å². The maximum absolute atomic E-state index is 4.28. The van der Waals surface area contributed by atoms with Crippen molar-refractivity contribution in [3.8, 4) is 0 Å². The van der Waals surface area contributed by atoms with Gasteiger partial charge >= 0.3 is 0 Å². The molecule has 1 aromatic rings. The third-order valence-corrected chi connectivity index (χ3v) is 3.81. The Kier molecular flexibility index (Phi) is 9.30. The molecule has 2 N–H and O–H groups in total. The fourth-order valence-corrected chi connectivity index (χ4v) is 2.38. The second-order valence-electron chi connectivity index (χ2n) is 5.48. The third-order valence-electron chi connectivity index (χ3n) is 3.81. The number of rotatable bonds is 10. The molecule has 22 heavy (non-hydrogen) atoms. The van der Waals surface area contributed by atoms with E-state index < -0.39 is 0 Å². The average molecular weight is 308 g/mol. The molecule has 0 saturated carbocycles. The van der Waals surface area contributed by atoms with Gasteiger partial charge in [0.25, 0.3) is 0 Å². The van der Waals surface area contributed by atoms with Gasteiger partial charge in [0.1, 0.15) is 0 Å². The first kappa shape index (κ1) is 18.5. The summed E-state index contributed by atoms with van der Waals surface area (Å²) < 4.78 is 1.91. The lowest BCUT2D eigenvalue weighted by atomic mass is 10.2. The van der Waals surface area contributed by atoms with Gasteiger partial charge in [-0.3, -0.25) is 9.67 Å². The van der Waals surface area contributed by atoms with Gasteiger partial charge in [0.05, 0.1) is 6.54 Å². The fraction of sp³-hybridized carbons (Fsp3) is 0.750. The Hall–Kier alpha value is -1.56. The van der Waals surface area contributed by atoms with Crippen LogP contribution in [0.25, 0.3) is 0 Å². The molecule has 1 heterocycles. The molecule has 1 rings (SSSR count). The van der Waals surface area contributed by atoms with Crippen LogP contribution in [0, 0.1) is 0 Å². The van der Waals surface area contributed by atoms with E-state index in [1.54, 1.807) is 6.20 Å². The Bertz CT molecular complexity index is 397. The van der Waals surface area contributed by atoms with E-state index >= 15 is 0 Å². The largest absolute Gasteiger partial charge is 0.355 e. The number of nitrogens with zero attached hydrogens (tertiary/aromatic N) is 4. The van der Waals surface area contributed by atoms with E-state index in [1.807, 2.05) is 24.0 Å². The van der Waals surface area contributed by atoms with Crippen LogP contribution in [0.5, 0.6) is 0 Å². The highest BCUT2D eigenvalue weighted by Gasteiger charge is 2.06. The lowest BCUT2D eigenvalue weighted by molar-refractivity contribution is 0.292. The second-order valence-corrected chi connectivity index (χ2v) is 5.48. The molecule has 0 bridgehead atoms. The minimum absolute atomic E-state index is 0.423. The lowest BCUT2D eigenvalue weighted by Crippen LogP contribution is -2.43. The summed E-state index contributed by atoms with van der Waals surface area (Å²) in [5, 5.41) is 11.0. The van der Waals surface area contributed by atoms with E-state index in [-0.39, 0.29) is 0 Å². The molecule has 0 saturated heterocycles.